The van der Waals surface area contributed by atoms with Crippen molar-refractivity contribution in [2.24, 2.45) is 4.99 Å². The smallest absolute Gasteiger partial charge is 0.326 e. The van der Waals surface area contributed by atoms with Gasteiger partial charge in [0.15, 0.2) is 16.4 Å². The molecule has 1 heterocycles. The molecule has 2 aromatic carbocycles. The lowest BCUT2D eigenvalue weighted by Gasteiger charge is -2.13. The first-order chi connectivity index (χ1) is 12.8. The summed E-state index contributed by atoms with van der Waals surface area (Å²) >= 11 is 6.79. The van der Waals surface area contributed by atoms with Crippen molar-refractivity contribution in [3.63, 3.8) is 0 Å². The van der Waals surface area contributed by atoms with Crippen molar-refractivity contribution in [2.75, 3.05) is 0 Å². The number of aromatic nitrogens is 1. The molecule has 1 amide bonds. The highest BCUT2D eigenvalue weighted by atomic mass is 35.5. The van der Waals surface area contributed by atoms with Crippen LogP contribution < -0.4 is 4.80 Å². The Morgan fingerprint density at radius 2 is 1.96 bits per heavy atom. The van der Waals surface area contributed by atoms with Crippen molar-refractivity contribution >= 4 is 45.0 Å². The lowest BCUT2D eigenvalue weighted by Crippen LogP contribution is -2.27. The second-order valence-corrected chi connectivity index (χ2v) is 7.12. The van der Waals surface area contributed by atoms with Crippen LogP contribution in [0.25, 0.3) is 10.2 Å². The fourth-order valence-electron chi connectivity index (χ4n) is 2.66. The van der Waals surface area contributed by atoms with E-state index in [4.69, 9.17) is 11.6 Å². The van der Waals surface area contributed by atoms with Gasteiger partial charge in [0.05, 0.1) is 10.2 Å². The van der Waals surface area contributed by atoms with Crippen molar-refractivity contribution in [3.05, 3.63) is 63.4 Å². The molecule has 1 atom stereocenters. The number of carboxylic acids is 1. The van der Waals surface area contributed by atoms with Crippen molar-refractivity contribution in [1.82, 2.24) is 4.57 Å². The van der Waals surface area contributed by atoms with Gasteiger partial charge in [-0.1, -0.05) is 35.9 Å². The number of benzene rings is 2. The molecule has 0 aliphatic carbocycles. The Morgan fingerprint density at radius 3 is 2.59 bits per heavy atom. The maximum absolute atomic E-state index is 13.7. The number of aliphatic carboxylic acids is 1. The van der Waals surface area contributed by atoms with Gasteiger partial charge in [0.1, 0.15) is 6.04 Å². The predicted molar refractivity (Wildman–Crippen MR) is 98.0 cm³/mol. The summed E-state index contributed by atoms with van der Waals surface area (Å²) in [5, 5.41) is 9.86. The zero-order chi connectivity index (χ0) is 19.7. The van der Waals surface area contributed by atoms with Crippen LogP contribution in [0.3, 0.4) is 0 Å². The van der Waals surface area contributed by atoms with Gasteiger partial charge in [-0.15, -0.1) is 0 Å². The zero-order valence-electron chi connectivity index (χ0n) is 13.9. The van der Waals surface area contributed by atoms with Gasteiger partial charge in [-0.2, -0.15) is 4.99 Å². The van der Waals surface area contributed by atoms with Crippen molar-refractivity contribution < 1.29 is 23.5 Å². The summed E-state index contributed by atoms with van der Waals surface area (Å²) in [6.07, 6.45) is 0.165. The lowest BCUT2D eigenvalue weighted by molar-refractivity contribution is -0.140. The summed E-state index contributed by atoms with van der Waals surface area (Å²) < 4.78 is 28.9. The Labute approximate surface area is 161 Å². The van der Waals surface area contributed by atoms with Crippen LogP contribution in [0.2, 0.25) is 5.02 Å². The minimum atomic E-state index is -1.17. The van der Waals surface area contributed by atoms with Gasteiger partial charge in [-0.3, -0.25) is 4.79 Å². The number of thiazole rings is 1. The van der Waals surface area contributed by atoms with Gasteiger partial charge in [0.2, 0.25) is 0 Å². The van der Waals surface area contributed by atoms with E-state index in [-0.39, 0.29) is 27.0 Å². The summed E-state index contributed by atoms with van der Waals surface area (Å²) in [7, 11) is 0. The normalized spacial score (nSPS) is 13.1. The van der Waals surface area contributed by atoms with E-state index in [0.29, 0.717) is 5.02 Å². The Morgan fingerprint density at radius 1 is 1.26 bits per heavy atom. The van der Waals surface area contributed by atoms with Crippen molar-refractivity contribution in [1.29, 1.82) is 0 Å². The van der Waals surface area contributed by atoms with Gasteiger partial charge in [0, 0.05) is 16.7 Å². The Hall–Kier alpha value is -2.58. The highest BCUT2D eigenvalue weighted by Gasteiger charge is 2.23. The molecule has 1 N–H and O–H groups in total. The number of hydrogen-bond acceptors (Lipinski definition) is 3. The molecule has 0 saturated heterocycles. The van der Waals surface area contributed by atoms with Gasteiger partial charge >= 0.3 is 5.97 Å². The first-order valence-corrected chi connectivity index (χ1v) is 9.08. The number of carboxylic acid groups (broad SMARTS) is 1. The van der Waals surface area contributed by atoms with Crippen LogP contribution in [0.5, 0.6) is 0 Å². The molecular formula is C18H13ClF2N2O3S. The third-order valence-electron chi connectivity index (χ3n) is 3.92. The highest BCUT2D eigenvalue weighted by Crippen LogP contribution is 2.25. The molecule has 140 valence electrons. The molecule has 9 heteroatoms. The summed E-state index contributed by atoms with van der Waals surface area (Å²) in [6, 6.07) is 6.91. The third-order valence-corrected chi connectivity index (χ3v) is 5.17. The molecule has 27 heavy (non-hydrogen) atoms. The quantitative estimate of drug-likeness (QED) is 0.692. The van der Waals surface area contributed by atoms with E-state index in [0.717, 1.165) is 23.5 Å². The van der Waals surface area contributed by atoms with Gasteiger partial charge in [-0.05, 0) is 30.7 Å². The molecule has 0 saturated carbocycles. The fraction of sp³-hybridized carbons (Fsp3) is 0.167. The van der Waals surface area contributed by atoms with Gasteiger partial charge in [-0.25, -0.2) is 13.6 Å². The van der Waals surface area contributed by atoms with Gasteiger partial charge < -0.3 is 9.67 Å². The minimum absolute atomic E-state index is 0.0363. The number of carbonyl (C=O) groups is 2. The predicted octanol–water partition coefficient (Wildman–Crippen LogP) is 4.41. The monoisotopic (exact) mass is 410 g/mol. The lowest BCUT2D eigenvalue weighted by atomic mass is 10.2. The SMILES string of the molecule is CCC(C(=O)O)n1c(=NC(=O)c2cccc(Cl)c2)sc2cc(F)c(F)cc21. The van der Waals surface area contributed by atoms with Crippen LogP contribution in [0.4, 0.5) is 8.78 Å². The van der Waals surface area contributed by atoms with Crippen LogP contribution in [0.1, 0.15) is 29.7 Å². The van der Waals surface area contributed by atoms with E-state index < -0.39 is 29.6 Å². The molecular weight excluding hydrogens is 398 g/mol. The number of amides is 1. The molecule has 3 rings (SSSR count). The fourth-order valence-corrected chi connectivity index (χ4v) is 3.92. The maximum atomic E-state index is 13.7. The molecule has 0 fully saturated rings. The number of fused-ring (bicyclic) bond motifs is 1. The largest absolute Gasteiger partial charge is 0.480 e. The van der Waals surface area contributed by atoms with Crippen LogP contribution >= 0.6 is 22.9 Å². The molecule has 0 spiro atoms. The first kappa shape index (κ1) is 19.2. The summed E-state index contributed by atoms with van der Waals surface area (Å²) in [4.78, 5) is 28.2. The van der Waals surface area contributed by atoms with E-state index in [1.54, 1.807) is 19.1 Å². The number of rotatable bonds is 4. The van der Waals surface area contributed by atoms with Crippen molar-refractivity contribution in [2.45, 2.75) is 19.4 Å². The summed E-state index contributed by atoms with van der Waals surface area (Å²) in [5.41, 5.74) is 0.373. The minimum Gasteiger partial charge on any atom is -0.480 e. The molecule has 0 aliphatic rings. The average Bonchev–Trinajstić information content (AvgIpc) is 2.93. The maximum Gasteiger partial charge on any atom is 0.326 e. The van der Waals surface area contributed by atoms with Crippen LogP contribution in [0, 0.1) is 11.6 Å². The number of hydrogen-bond donors (Lipinski definition) is 1. The van der Waals surface area contributed by atoms with E-state index in [1.807, 2.05) is 0 Å². The molecule has 0 aliphatic heterocycles. The van der Waals surface area contributed by atoms with Crippen LogP contribution in [-0.2, 0) is 4.79 Å². The number of nitrogens with zero attached hydrogens (tertiary/aromatic N) is 2. The standard InChI is InChI=1S/C18H13ClF2N2O3S/c1-2-13(17(25)26)23-14-7-11(20)12(21)8-15(14)27-18(23)22-16(24)9-4-3-5-10(19)6-9/h3-8,13H,2H2,1H3,(H,25,26). The molecule has 1 unspecified atom stereocenters. The Balaban J connectivity index is 2.28. The second kappa shape index (κ2) is 7.58. The molecule has 3 aromatic rings. The molecule has 5 nitrogen and oxygen atoms in total. The highest BCUT2D eigenvalue weighted by molar-refractivity contribution is 7.16. The first-order valence-electron chi connectivity index (χ1n) is 7.89. The van der Waals surface area contributed by atoms with E-state index in [2.05, 4.69) is 4.99 Å². The average molecular weight is 411 g/mol. The van der Waals surface area contributed by atoms with Crippen LogP contribution in [-0.4, -0.2) is 21.6 Å². The number of carbonyl (C=O) groups excluding carboxylic acids is 1. The number of halogens is 3. The van der Waals surface area contributed by atoms with Crippen molar-refractivity contribution in [3.8, 4) is 0 Å². The Kier molecular flexibility index (Phi) is 5.38. The Bertz CT molecular complexity index is 1120. The van der Waals surface area contributed by atoms with Crippen LogP contribution in [0.15, 0.2) is 41.4 Å². The molecule has 0 radical (unpaired) electrons. The zero-order valence-corrected chi connectivity index (χ0v) is 15.5. The summed E-state index contributed by atoms with van der Waals surface area (Å²) in [6.45, 7) is 1.64. The van der Waals surface area contributed by atoms with E-state index in [9.17, 15) is 23.5 Å². The van der Waals surface area contributed by atoms with Gasteiger partial charge in [0.25, 0.3) is 5.91 Å². The van der Waals surface area contributed by atoms with E-state index >= 15 is 0 Å². The molecule has 1 aromatic heterocycles. The molecule has 0 bridgehead atoms. The second-order valence-electron chi connectivity index (χ2n) is 5.68. The van der Waals surface area contributed by atoms with E-state index in [1.165, 1.54) is 16.7 Å². The topological polar surface area (TPSA) is 71.7 Å². The summed E-state index contributed by atoms with van der Waals surface area (Å²) in [5.74, 6) is -3.98. The third kappa shape index (κ3) is 3.77.